The maximum Gasteiger partial charge on any atom is 0.235 e. The van der Waals surface area contributed by atoms with E-state index in [0.29, 0.717) is 29.9 Å². The highest BCUT2D eigenvalue weighted by Crippen LogP contribution is 2.24. The summed E-state index contributed by atoms with van der Waals surface area (Å²) in [7, 11) is 0. The van der Waals surface area contributed by atoms with Crippen LogP contribution >= 0.6 is 0 Å². The highest BCUT2D eigenvalue weighted by molar-refractivity contribution is 5.49. The number of nitriles is 1. The number of piperidine rings is 1. The van der Waals surface area contributed by atoms with Crippen molar-refractivity contribution in [3.05, 3.63) is 36.2 Å². The summed E-state index contributed by atoms with van der Waals surface area (Å²) in [6, 6.07) is 2.10. The summed E-state index contributed by atoms with van der Waals surface area (Å²) in [6.07, 6.45) is 8.45. The molecule has 7 heteroatoms. The Bertz CT molecular complexity index is 706. The molecule has 1 fully saturated rings. The molecule has 3 heterocycles. The predicted molar refractivity (Wildman–Crippen MR) is 83.9 cm³/mol. The van der Waals surface area contributed by atoms with E-state index in [-0.39, 0.29) is 0 Å². The molecule has 1 aliphatic heterocycles. The van der Waals surface area contributed by atoms with Crippen LogP contribution in [0, 0.1) is 24.2 Å². The number of ether oxygens (including phenoxy) is 1. The van der Waals surface area contributed by atoms with Gasteiger partial charge in [-0.15, -0.1) is 0 Å². The Hall–Kier alpha value is -2.75. The van der Waals surface area contributed by atoms with E-state index in [1.165, 1.54) is 0 Å². The normalized spacial score (nSPS) is 15.2. The number of rotatable bonds is 4. The molecule has 0 N–H and O–H groups in total. The van der Waals surface area contributed by atoms with Crippen LogP contribution in [0.15, 0.2) is 24.8 Å². The van der Waals surface area contributed by atoms with E-state index in [1.54, 1.807) is 24.8 Å². The molecule has 0 saturated carbocycles. The Labute approximate surface area is 135 Å². The minimum absolute atomic E-state index is 0.386. The lowest BCUT2D eigenvalue weighted by Gasteiger charge is -2.32. The summed E-state index contributed by atoms with van der Waals surface area (Å²) in [4.78, 5) is 18.9. The van der Waals surface area contributed by atoms with Crippen molar-refractivity contribution in [3.63, 3.8) is 0 Å². The van der Waals surface area contributed by atoms with E-state index >= 15 is 0 Å². The third-order valence-electron chi connectivity index (χ3n) is 3.99. The fourth-order valence-electron chi connectivity index (χ4n) is 2.69. The second kappa shape index (κ2) is 7.01. The lowest BCUT2D eigenvalue weighted by atomic mass is 9.98. The minimum atomic E-state index is 0.386. The highest BCUT2D eigenvalue weighted by Gasteiger charge is 2.23. The molecular formula is C16H18N6O. The van der Waals surface area contributed by atoms with Crippen LogP contribution in [0.25, 0.3) is 0 Å². The molecule has 2 aromatic rings. The second-order valence-electron chi connectivity index (χ2n) is 5.53. The zero-order valence-electron chi connectivity index (χ0n) is 13.0. The van der Waals surface area contributed by atoms with Crippen molar-refractivity contribution < 1.29 is 4.74 Å². The number of hydrogen-bond acceptors (Lipinski definition) is 7. The highest BCUT2D eigenvalue weighted by atomic mass is 16.5. The lowest BCUT2D eigenvalue weighted by molar-refractivity contribution is 0.214. The van der Waals surface area contributed by atoms with Crippen LogP contribution < -0.4 is 9.64 Å². The Balaban J connectivity index is 1.55. The Kier molecular flexibility index (Phi) is 4.62. The van der Waals surface area contributed by atoms with Crippen LogP contribution in [0.2, 0.25) is 0 Å². The third-order valence-corrected chi connectivity index (χ3v) is 3.99. The summed E-state index contributed by atoms with van der Waals surface area (Å²) >= 11 is 0. The molecule has 2 aromatic heterocycles. The first-order chi connectivity index (χ1) is 11.3. The summed E-state index contributed by atoms with van der Waals surface area (Å²) in [5, 5.41) is 9.13. The first-order valence-electron chi connectivity index (χ1n) is 7.64. The van der Waals surface area contributed by atoms with Crippen molar-refractivity contribution in [2.24, 2.45) is 5.92 Å². The quantitative estimate of drug-likeness (QED) is 0.850. The molecule has 1 saturated heterocycles. The van der Waals surface area contributed by atoms with Gasteiger partial charge < -0.3 is 9.64 Å². The van der Waals surface area contributed by atoms with Gasteiger partial charge in [-0.25, -0.2) is 15.0 Å². The van der Waals surface area contributed by atoms with Gasteiger partial charge in [0, 0.05) is 37.9 Å². The zero-order chi connectivity index (χ0) is 16.1. The standard InChI is InChI=1S/C16H18N6O/c1-12-16(21-7-4-18-12)23-11-13-2-8-22(9-3-13)15-14(10-17)19-5-6-20-15/h4-7,13H,2-3,8-9,11H2,1H3. The topological polar surface area (TPSA) is 87.8 Å². The molecule has 0 amide bonds. The molecule has 0 bridgehead atoms. The van der Waals surface area contributed by atoms with Gasteiger partial charge in [0.15, 0.2) is 11.5 Å². The van der Waals surface area contributed by atoms with E-state index in [2.05, 4.69) is 30.9 Å². The zero-order valence-corrected chi connectivity index (χ0v) is 13.0. The monoisotopic (exact) mass is 310 g/mol. The number of hydrogen-bond donors (Lipinski definition) is 0. The molecule has 118 valence electrons. The Morgan fingerprint density at radius 3 is 2.57 bits per heavy atom. The molecule has 0 spiro atoms. The molecule has 0 aromatic carbocycles. The average Bonchev–Trinajstić information content (AvgIpc) is 2.61. The van der Waals surface area contributed by atoms with E-state index in [4.69, 9.17) is 10.00 Å². The maximum absolute atomic E-state index is 9.13. The number of aryl methyl sites for hydroxylation is 1. The molecular weight excluding hydrogens is 292 g/mol. The van der Waals surface area contributed by atoms with Crippen molar-refractivity contribution in [1.82, 2.24) is 19.9 Å². The molecule has 0 unspecified atom stereocenters. The van der Waals surface area contributed by atoms with Crippen molar-refractivity contribution in [2.75, 3.05) is 24.6 Å². The molecule has 0 atom stereocenters. The van der Waals surface area contributed by atoms with Gasteiger partial charge in [0.2, 0.25) is 5.88 Å². The summed E-state index contributed by atoms with van der Waals surface area (Å²) in [6.45, 7) is 4.23. The van der Waals surface area contributed by atoms with E-state index in [9.17, 15) is 0 Å². The van der Waals surface area contributed by atoms with Crippen LogP contribution in [-0.4, -0.2) is 39.6 Å². The predicted octanol–water partition coefficient (Wildman–Crippen LogP) is 1.74. The van der Waals surface area contributed by atoms with Gasteiger partial charge in [-0.1, -0.05) is 0 Å². The first-order valence-corrected chi connectivity index (χ1v) is 7.64. The van der Waals surface area contributed by atoms with Crippen LogP contribution in [0.3, 0.4) is 0 Å². The number of anilines is 1. The van der Waals surface area contributed by atoms with Gasteiger partial charge in [-0.3, -0.25) is 4.98 Å². The average molecular weight is 310 g/mol. The molecule has 3 rings (SSSR count). The fourth-order valence-corrected chi connectivity index (χ4v) is 2.69. The van der Waals surface area contributed by atoms with Gasteiger partial charge in [0.25, 0.3) is 0 Å². The molecule has 1 aliphatic rings. The largest absolute Gasteiger partial charge is 0.476 e. The van der Waals surface area contributed by atoms with Crippen molar-refractivity contribution >= 4 is 5.82 Å². The number of aromatic nitrogens is 4. The van der Waals surface area contributed by atoms with Crippen molar-refractivity contribution in [1.29, 1.82) is 5.26 Å². The summed E-state index contributed by atoms with van der Waals surface area (Å²) in [5.74, 6) is 1.75. The molecule has 0 radical (unpaired) electrons. The van der Waals surface area contributed by atoms with Gasteiger partial charge in [0.1, 0.15) is 6.07 Å². The molecule has 0 aliphatic carbocycles. The third kappa shape index (κ3) is 3.54. The number of nitrogens with zero attached hydrogens (tertiary/aromatic N) is 6. The lowest BCUT2D eigenvalue weighted by Crippen LogP contribution is -2.36. The summed E-state index contributed by atoms with van der Waals surface area (Å²) < 4.78 is 5.79. The van der Waals surface area contributed by atoms with Crippen molar-refractivity contribution in [2.45, 2.75) is 19.8 Å². The van der Waals surface area contributed by atoms with Crippen LogP contribution in [0.4, 0.5) is 5.82 Å². The van der Waals surface area contributed by atoms with Gasteiger partial charge >= 0.3 is 0 Å². The van der Waals surface area contributed by atoms with E-state index in [0.717, 1.165) is 31.6 Å². The minimum Gasteiger partial charge on any atom is -0.476 e. The maximum atomic E-state index is 9.13. The summed E-state index contributed by atoms with van der Waals surface area (Å²) in [5.41, 5.74) is 1.19. The van der Waals surface area contributed by atoms with Crippen LogP contribution in [0.5, 0.6) is 5.88 Å². The van der Waals surface area contributed by atoms with E-state index in [1.807, 2.05) is 6.92 Å². The molecule has 23 heavy (non-hydrogen) atoms. The van der Waals surface area contributed by atoms with Crippen molar-refractivity contribution in [3.8, 4) is 11.9 Å². The van der Waals surface area contributed by atoms with Crippen LogP contribution in [0.1, 0.15) is 24.2 Å². The SMILES string of the molecule is Cc1nccnc1OCC1CCN(c2nccnc2C#N)CC1. The second-order valence-corrected chi connectivity index (χ2v) is 5.53. The first kappa shape index (κ1) is 15.2. The Morgan fingerprint density at radius 1 is 1.13 bits per heavy atom. The van der Waals surface area contributed by atoms with Crippen LogP contribution in [-0.2, 0) is 0 Å². The fraction of sp³-hybridized carbons (Fsp3) is 0.438. The Morgan fingerprint density at radius 2 is 1.83 bits per heavy atom. The molecule has 7 nitrogen and oxygen atoms in total. The smallest absolute Gasteiger partial charge is 0.235 e. The van der Waals surface area contributed by atoms with Gasteiger partial charge in [-0.05, 0) is 25.7 Å². The van der Waals surface area contributed by atoms with Gasteiger partial charge in [-0.2, -0.15) is 5.26 Å². The van der Waals surface area contributed by atoms with Gasteiger partial charge in [0.05, 0.1) is 12.3 Å². The van der Waals surface area contributed by atoms with E-state index < -0.39 is 0 Å².